The van der Waals surface area contributed by atoms with E-state index in [1.807, 2.05) is 6.08 Å². The first-order valence-corrected chi connectivity index (χ1v) is 4.45. The Hall–Kier alpha value is -1.18. The van der Waals surface area contributed by atoms with E-state index in [4.69, 9.17) is 4.74 Å². The van der Waals surface area contributed by atoms with Crippen molar-refractivity contribution in [1.29, 1.82) is 0 Å². The molecule has 0 rings (SSSR count). The van der Waals surface area contributed by atoms with E-state index in [9.17, 15) is 0 Å². The van der Waals surface area contributed by atoms with Crippen LogP contribution in [-0.2, 0) is 4.74 Å². The molecule has 0 heterocycles. The standard InChI is InChI=1S/C12H16O/c1-3-5-7-8-9-10-12-13-11-6-4-2/h3H,1,5,7-8,11-12H2,2H3. The Morgan fingerprint density at radius 2 is 2.00 bits per heavy atom. The van der Waals surface area contributed by atoms with Crippen LogP contribution in [0.15, 0.2) is 12.7 Å². The van der Waals surface area contributed by atoms with Crippen molar-refractivity contribution in [2.75, 3.05) is 13.2 Å². The topological polar surface area (TPSA) is 9.23 Å². The zero-order valence-electron chi connectivity index (χ0n) is 8.23. The average molecular weight is 176 g/mol. The number of hydrogen-bond acceptors (Lipinski definition) is 1. The molecule has 0 aliphatic heterocycles. The van der Waals surface area contributed by atoms with Crippen molar-refractivity contribution in [1.82, 2.24) is 0 Å². The number of ether oxygens (including phenoxy) is 1. The first-order valence-electron chi connectivity index (χ1n) is 4.45. The van der Waals surface area contributed by atoms with Gasteiger partial charge in [-0.2, -0.15) is 0 Å². The van der Waals surface area contributed by atoms with Crippen molar-refractivity contribution >= 4 is 0 Å². The lowest BCUT2D eigenvalue weighted by atomic mass is 10.2. The first-order chi connectivity index (χ1) is 6.41. The van der Waals surface area contributed by atoms with Crippen LogP contribution in [0.1, 0.15) is 26.2 Å². The van der Waals surface area contributed by atoms with Crippen LogP contribution >= 0.6 is 0 Å². The second kappa shape index (κ2) is 10.8. The molecule has 1 heteroatoms. The van der Waals surface area contributed by atoms with Crippen molar-refractivity contribution in [2.24, 2.45) is 0 Å². The van der Waals surface area contributed by atoms with Crippen LogP contribution in [0.3, 0.4) is 0 Å². The molecule has 0 saturated heterocycles. The van der Waals surface area contributed by atoms with Crippen molar-refractivity contribution < 1.29 is 4.74 Å². The molecule has 0 aliphatic rings. The molecule has 0 radical (unpaired) electrons. The summed E-state index contributed by atoms with van der Waals surface area (Å²) in [6.45, 7) is 6.41. The van der Waals surface area contributed by atoms with Crippen LogP contribution in [0.25, 0.3) is 0 Å². The van der Waals surface area contributed by atoms with E-state index in [0.717, 1.165) is 19.3 Å². The fraction of sp³-hybridized carbons (Fsp3) is 0.500. The molecule has 0 amide bonds. The molecular formula is C12H16O. The lowest BCUT2D eigenvalue weighted by molar-refractivity contribution is 0.204. The van der Waals surface area contributed by atoms with Crippen LogP contribution in [0.2, 0.25) is 0 Å². The summed E-state index contributed by atoms with van der Waals surface area (Å²) in [7, 11) is 0. The molecule has 0 unspecified atom stereocenters. The summed E-state index contributed by atoms with van der Waals surface area (Å²) < 4.78 is 5.11. The van der Waals surface area contributed by atoms with E-state index >= 15 is 0 Å². The minimum atomic E-state index is 0.484. The van der Waals surface area contributed by atoms with E-state index < -0.39 is 0 Å². The van der Waals surface area contributed by atoms with Crippen molar-refractivity contribution in [3.8, 4) is 23.7 Å². The third kappa shape index (κ3) is 10.8. The van der Waals surface area contributed by atoms with Gasteiger partial charge in [0.15, 0.2) is 0 Å². The van der Waals surface area contributed by atoms with Gasteiger partial charge in [0.05, 0.1) is 0 Å². The van der Waals surface area contributed by atoms with Gasteiger partial charge >= 0.3 is 0 Å². The smallest absolute Gasteiger partial charge is 0.109 e. The fourth-order valence-electron chi connectivity index (χ4n) is 0.699. The number of hydrogen-bond donors (Lipinski definition) is 0. The van der Waals surface area contributed by atoms with Gasteiger partial charge in [0, 0.05) is 6.42 Å². The Morgan fingerprint density at radius 1 is 1.23 bits per heavy atom. The molecule has 0 bridgehead atoms. The minimum absolute atomic E-state index is 0.484. The Balaban J connectivity index is 3.18. The molecule has 0 fully saturated rings. The molecule has 0 aliphatic carbocycles. The summed E-state index contributed by atoms with van der Waals surface area (Å²) >= 11 is 0. The first kappa shape index (κ1) is 11.8. The molecule has 70 valence electrons. The average Bonchev–Trinajstić information content (AvgIpc) is 2.16. The van der Waals surface area contributed by atoms with E-state index in [1.54, 1.807) is 6.92 Å². The van der Waals surface area contributed by atoms with Gasteiger partial charge in [0.1, 0.15) is 13.2 Å². The summed E-state index contributed by atoms with van der Waals surface area (Å²) in [5, 5.41) is 0. The highest BCUT2D eigenvalue weighted by Gasteiger charge is 1.79. The lowest BCUT2D eigenvalue weighted by Gasteiger charge is -1.89. The Labute approximate surface area is 81.2 Å². The predicted molar refractivity (Wildman–Crippen MR) is 56.1 cm³/mol. The number of rotatable bonds is 5. The highest BCUT2D eigenvalue weighted by atomic mass is 16.5. The number of unbranched alkanes of at least 4 members (excludes halogenated alkanes) is 2. The zero-order valence-corrected chi connectivity index (χ0v) is 8.23. The van der Waals surface area contributed by atoms with Gasteiger partial charge in [-0.15, -0.1) is 18.4 Å². The Morgan fingerprint density at radius 3 is 2.69 bits per heavy atom. The minimum Gasteiger partial charge on any atom is -0.356 e. The SMILES string of the molecule is C=CCCCC#CCOCC#CC. The maximum atomic E-state index is 5.11. The summed E-state index contributed by atoms with van der Waals surface area (Å²) in [5.41, 5.74) is 0. The maximum Gasteiger partial charge on any atom is 0.109 e. The molecule has 0 aromatic heterocycles. The molecule has 0 atom stereocenters. The Kier molecular flexibility index (Phi) is 9.84. The molecule has 0 N–H and O–H groups in total. The van der Waals surface area contributed by atoms with Gasteiger partial charge in [-0.1, -0.05) is 17.9 Å². The molecule has 13 heavy (non-hydrogen) atoms. The van der Waals surface area contributed by atoms with E-state index in [-0.39, 0.29) is 0 Å². The van der Waals surface area contributed by atoms with Crippen molar-refractivity contribution in [3.05, 3.63) is 12.7 Å². The second-order valence-electron chi connectivity index (χ2n) is 2.45. The molecular weight excluding hydrogens is 160 g/mol. The second-order valence-corrected chi connectivity index (χ2v) is 2.45. The van der Waals surface area contributed by atoms with Gasteiger partial charge in [-0.05, 0) is 19.8 Å². The lowest BCUT2D eigenvalue weighted by Crippen LogP contribution is -1.90. The third-order valence-electron chi connectivity index (χ3n) is 1.36. The quantitative estimate of drug-likeness (QED) is 0.355. The van der Waals surface area contributed by atoms with Gasteiger partial charge < -0.3 is 4.74 Å². The zero-order chi connectivity index (χ0) is 9.78. The van der Waals surface area contributed by atoms with Crippen molar-refractivity contribution in [3.63, 3.8) is 0 Å². The predicted octanol–water partition coefficient (Wildman–Crippen LogP) is 2.39. The van der Waals surface area contributed by atoms with E-state index in [0.29, 0.717) is 13.2 Å². The molecule has 0 saturated carbocycles. The van der Waals surface area contributed by atoms with Gasteiger partial charge in [-0.25, -0.2) is 0 Å². The Bertz CT molecular complexity index is 231. The molecule has 1 nitrogen and oxygen atoms in total. The van der Waals surface area contributed by atoms with Crippen LogP contribution in [0, 0.1) is 23.7 Å². The highest BCUT2D eigenvalue weighted by molar-refractivity contribution is 5.00. The molecule has 0 aromatic rings. The molecule has 0 spiro atoms. The van der Waals surface area contributed by atoms with Gasteiger partial charge in [0.2, 0.25) is 0 Å². The largest absolute Gasteiger partial charge is 0.356 e. The summed E-state index contributed by atoms with van der Waals surface area (Å²) in [6.07, 6.45) is 4.96. The van der Waals surface area contributed by atoms with Crippen LogP contribution in [0.4, 0.5) is 0 Å². The van der Waals surface area contributed by atoms with Crippen molar-refractivity contribution in [2.45, 2.75) is 26.2 Å². The maximum absolute atomic E-state index is 5.11. The highest BCUT2D eigenvalue weighted by Crippen LogP contribution is 1.92. The van der Waals surface area contributed by atoms with Crippen LogP contribution in [-0.4, -0.2) is 13.2 Å². The third-order valence-corrected chi connectivity index (χ3v) is 1.36. The summed E-state index contributed by atoms with van der Waals surface area (Å²) in [4.78, 5) is 0. The van der Waals surface area contributed by atoms with Crippen LogP contribution < -0.4 is 0 Å². The normalized spacial score (nSPS) is 7.77. The summed E-state index contributed by atoms with van der Waals surface area (Å²) in [6, 6.07) is 0. The van der Waals surface area contributed by atoms with E-state index in [1.165, 1.54) is 0 Å². The number of allylic oxidation sites excluding steroid dienone is 1. The summed E-state index contributed by atoms with van der Waals surface area (Å²) in [5.74, 6) is 11.5. The van der Waals surface area contributed by atoms with Gasteiger partial charge in [0.25, 0.3) is 0 Å². The fourth-order valence-corrected chi connectivity index (χ4v) is 0.699. The molecule has 0 aromatic carbocycles. The van der Waals surface area contributed by atoms with E-state index in [2.05, 4.69) is 30.3 Å². The monoisotopic (exact) mass is 176 g/mol. The van der Waals surface area contributed by atoms with Gasteiger partial charge in [-0.3, -0.25) is 0 Å². The van der Waals surface area contributed by atoms with Crippen LogP contribution in [0.5, 0.6) is 0 Å².